The smallest absolute Gasteiger partial charge is 0.318 e. The van der Waals surface area contributed by atoms with Crippen LogP contribution >= 0.6 is 0 Å². The predicted octanol–water partition coefficient (Wildman–Crippen LogP) is 8.31. The van der Waals surface area contributed by atoms with Gasteiger partial charge in [0.15, 0.2) is 0 Å². The Balaban J connectivity index is 1.75. The van der Waals surface area contributed by atoms with Crippen LogP contribution in [0.2, 0.25) is 0 Å². The second-order valence-corrected chi connectivity index (χ2v) is 10.4. The number of carbonyl (C=O) groups is 2. The Bertz CT molecular complexity index is 1400. The lowest BCUT2D eigenvalue weighted by Gasteiger charge is -2.27. The number of esters is 2. The van der Waals surface area contributed by atoms with E-state index in [2.05, 4.69) is 4.98 Å². The van der Waals surface area contributed by atoms with E-state index >= 15 is 0 Å². The average Bonchev–Trinajstić information content (AvgIpc) is 3.49. The van der Waals surface area contributed by atoms with Crippen molar-refractivity contribution in [2.75, 3.05) is 0 Å². The molecule has 2 heterocycles. The van der Waals surface area contributed by atoms with Gasteiger partial charge in [-0.2, -0.15) is 0 Å². The van der Waals surface area contributed by atoms with Crippen LogP contribution in [0.15, 0.2) is 53.5 Å². The van der Waals surface area contributed by atoms with Gasteiger partial charge in [-0.15, -0.1) is 0 Å². The lowest BCUT2D eigenvalue weighted by atomic mass is 9.80. The number of hydrogen-bond acceptors (Lipinski definition) is 5. The number of aliphatic imine (C=N–C) groups is 1. The first kappa shape index (κ1) is 28.3. The highest BCUT2D eigenvalue weighted by molar-refractivity contribution is 6.13. The van der Waals surface area contributed by atoms with Gasteiger partial charge in [0.1, 0.15) is 0 Å². The minimum absolute atomic E-state index is 0.217. The predicted molar refractivity (Wildman–Crippen MR) is 157 cm³/mol. The first-order valence-electron chi connectivity index (χ1n) is 14.3. The Morgan fingerprint density at radius 1 is 0.718 bits per heavy atom. The molecule has 6 heteroatoms. The van der Waals surface area contributed by atoms with E-state index in [4.69, 9.17) is 14.5 Å². The van der Waals surface area contributed by atoms with Crippen molar-refractivity contribution >= 4 is 40.4 Å². The van der Waals surface area contributed by atoms with E-state index in [0.29, 0.717) is 36.7 Å². The molecular formula is C33H40N2O4. The molecule has 2 aromatic carbocycles. The molecule has 0 atom stereocenters. The van der Waals surface area contributed by atoms with Crippen molar-refractivity contribution in [1.82, 2.24) is 4.98 Å². The monoisotopic (exact) mass is 528 g/mol. The van der Waals surface area contributed by atoms with E-state index < -0.39 is 10.8 Å². The molecule has 3 aromatic rings. The number of hydrogen-bond donors (Lipinski definition) is 1. The van der Waals surface area contributed by atoms with Crippen LogP contribution in [0, 0.1) is 10.8 Å². The normalized spacial score (nSPS) is 14.4. The van der Waals surface area contributed by atoms with Gasteiger partial charge < -0.3 is 14.5 Å². The van der Waals surface area contributed by atoms with Gasteiger partial charge in [0.05, 0.1) is 22.2 Å². The summed E-state index contributed by atoms with van der Waals surface area (Å²) in [6.45, 7) is 12.2. The van der Waals surface area contributed by atoms with E-state index in [1.807, 2.05) is 96.1 Å². The topological polar surface area (TPSA) is 80.8 Å². The van der Waals surface area contributed by atoms with Gasteiger partial charge in [-0.1, -0.05) is 77.9 Å². The number of ether oxygens (including phenoxy) is 2. The van der Waals surface area contributed by atoms with E-state index in [9.17, 15) is 9.59 Å². The number of H-pyrrole nitrogens is 1. The summed E-state index contributed by atoms with van der Waals surface area (Å²) >= 11 is 0. The van der Waals surface area contributed by atoms with Gasteiger partial charge in [0, 0.05) is 21.9 Å². The van der Waals surface area contributed by atoms with Crippen LogP contribution in [-0.4, -0.2) is 22.8 Å². The number of aromatic nitrogens is 1. The Morgan fingerprint density at radius 3 is 1.77 bits per heavy atom. The highest BCUT2D eigenvalue weighted by Crippen LogP contribution is 2.38. The Morgan fingerprint density at radius 2 is 1.21 bits per heavy atom. The first-order chi connectivity index (χ1) is 18.8. The van der Waals surface area contributed by atoms with Crippen LogP contribution in [0.1, 0.15) is 96.9 Å². The van der Waals surface area contributed by atoms with Gasteiger partial charge >= 0.3 is 11.9 Å². The number of fused-ring (bicyclic) bond motifs is 2. The fourth-order valence-corrected chi connectivity index (χ4v) is 5.58. The SMILES string of the molecule is CCC(CC)(CC)C(=O)OC1=N/C(=C\c2[nH]c(OC(=O)C(CC)(CC)CC)c3ccccc23)c2ccccc21. The Labute approximate surface area is 231 Å². The van der Waals surface area contributed by atoms with Crippen LogP contribution in [-0.2, 0) is 14.3 Å². The van der Waals surface area contributed by atoms with Crippen molar-refractivity contribution in [1.29, 1.82) is 0 Å². The minimum atomic E-state index is -0.525. The van der Waals surface area contributed by atoms with Gasteiger partial charge in [-0.25, -0.2) is 4.99 Å². The molecule has 0 fully saturated rings. The highest BCUT2D eigenvalue weighted by atomic mass is 16.5. The van der Waals surface area contributed by atoms with Crippen molar-refractivity contribution in [3.05, 3.63) is 65.4 Å². The van der Waals surface area contributed by atoms with E-state index in [1.165, 1.54) is 0 Å². The summed E-state index contributed by atoms with van der Waals surface area (Å²) in [6.07, 6.45) is 6.22. The van der Waals surface area contributed by atoms with Crippen LogP contribution in [0.4, 0.5) is 0 Å². The fourth-order valence-electron chi connectivity index (χ4n) is 5.58. The summed E-state index contributed by atoms with van der Waals surface area (Å²) in [4.78, 5) is 34.6. The van der Waals surface area contributed by atoms with Gasteiger partial charge in [-0.3, -0.25) is 9.59 Å². The summed E-state index contributed by atoms with van der Waals surface area (Å²) in [5.74, 6) is 0.298. The van der Waals surface area contributed by atoms with E-state index in [-0.39, 0.29) is 11.9 Å². The molecule has 1 N–H and O–H groups in total. The molecule has 0 saturated heterocycles. The average molecular weight is 529 g/mol. The number of rotatable bonds is 10. The number of benzene rings is 2. The lowest BCUT2D eigenvalue weighted by molar-refractivity contribution is -0.148. The molecule has 0 unspecified atom stereocenters. The lowest BCUT2D eigenvalue weighted by Crippen LogP contribution is -2.33. The maximum Gasteiger partial charge on any atom is 0.318 e. The number of carbonyl (C=O) groups excluding carboxylic acids is 2. The van der Waals surface area contributed by atoms with Crippen molar-refractivity contribution in [3.8, 4) is 5.88 Å². The van der Waals surface area contributed by atoms with Gasteiger partial charge in [0.2, 0.25) is 11.8 Å². The molecule has 1 aliphatic heterocycles. The molecule has 0 amide bonds. The summed E-state index contributed by atoms with van der Waals surface area (Å²) in [5.41, 5.74) is 2.09. The molecule has 39 heavy (non-hydrogen) atoms. The molecule has 0 bridgehead atoms. The van der Waals surface area contributed by atoms with Crippen LogP contribution in [0.25, 0.3) is 22.5 Å². The molecule has 1 aromatic heterocycles. The summed E-state index contributed by atoms with van der Waals surface area (Å²) in [5, 5.41) is 1.75. The first-order valence-corrected chi connectivity index (χ1v) is 14.3. The Hall–Kier alpha value is -3.67. The number of aromatic amines is 1. The molecule has 206 valence electrons. The quantitative estimate of drug-likeness (QED) is 0.268. The zero-order valence-corrected chi connectivity index (χ0v) is 24.0. The third-order valence-corrected chi connectivity index (χ3v) is 8.96. The number of nitrogens with one attached hydrogen (secondary N) is 1. The summed E-state index contributed by atoms with van der Waals surface area (Å²) < 4.78 is 12.0. The maximum atomic E-state index is 13.3. The van der Waals surface area contributed by atoms with E-state index in [0.717, 1.165) is 46.9 Å². The molecule has 0 aliphatic carbocycles. The molecule has 0 saturated carbocycles. The molecule has 1 aliphatic rings. The summed E-state index contributed by atoms with van der Waals surface area (Å²) in [7, 11) is 0. The molecule has 6 nitrogen and oxygen atoms in total. The molecule has 4 rings (SSSR count). The van der Waals surface area contributed by atoms with Crippen molar-refractivity contribution in [2.45, 2.75) is 80.1 Å². The molecule has 0 spiro atoms. The third-order valence-electron chi connectivity index (χ3n) is 8.96. The summed E-state index contributed by atoms with van der Waals surface area (Å²) in [6, 6.07) is 15.6. The van der Waals surface area contributed by atoms with Gasteiger partial charge in [-0.05, 0) is 56.7 Å². The maximum absolute atomic E-state index is 13.3. The zero-order valence-electron chi connectivity index (χ0n) is 24.0. The number of nitrogens with zero attached hydrogens (tertiary/aromatic N) is 1. The van der Waals surface area contributed by atoms with Gasteiger partial charge in [0.25, 0.3) is 0 Å². The van der Waals surface area contributed by atoms with Crippen molar-refractivity contribution < 1.29 is 19.1 Å². The van der Waals surface area contributed by atoms with Crippen molar-refractivity contribution in [2.24, 2.45) is 15.8 Å². The second kappa shape index (κ2) is 11.6. The highest BCUT2D eigenvalue weighted by Gasteiger charge is 2.37. The molecular weight excluding hydrogens is 488 g/mol. The zero-order chi connectivity index (χ0) is 28.2. The van der Waals surface area contributed by atoms with Crippen molar-refractivity contribution in [3.63, 3.8) is 0 Å². The van der Waals surface area contributed by atoms with Crippen LogP contribution in [0.3, 0.4) is 0 Å². The largest absolute Gasteiger partial charge is 0.408 e. The van der Waals surface area contributed by atoms with Crippen LogP contribution < -0.4 is 4.74 Å². The second-order valence-electron chi connectivity index (χ2n) is 10.4. The Kier molecular flexibility index (Phi) is 8.43. The molecule has 0 radical (unpaired) electrons. The standard InChI is InChI=1S/C33H40N2O4/c1-7-32(8-2,9-3)30(36)38-28-24-19-15-13-17-22(24)26(34-28)21-27-23-18-14-16-20-25(23)29(35-27)39-31(37)33(10-4,11-5)12-6/h13-21,34H,7-12H2,1-6H3/b27-21-. The fraction of sp³-hybridized carbons (Fsp3) is 0.424. The van der Waals surface area contributed by atoms with E-state index in [1.54, 1.807) is 0 Å². The van der Waals surface area contributed by atoms with Crippen LogP contribution in [0.5, 0.6) is 5.88 Å². The third kappa shape index (κ3) is 5.05. The minimum Gasteiger partial charge on any atom is -0.408 e.